The second kappa shape index (κ2) is 10.5. The van der Waals surface area contributed by atoms with Gasteiger partial charge in [0.1, 0.15) is 0 Å². The molecular formula is C22H28N4O4S. The van der Waals surface area contributed by atoms with Gasteiger partial charge in [0.15, 0.2) is 0 Å². The zero-order chi connectivity index (χ0) is 22.3. The van der Waals surface area contributed by atoms with Crippen LogP contribution in [0, 0.1) is 0 Å². The molecule has 3 rings (SSSR count). The minimum absolute atomic E-state index is 0.0406. The van der Waals surface area contributed by atoms with Gasteiger partial charge in [0.2, 0.25) is 21.8 Å². The Morgan fingerprint density at radius 1 is 0.903 bits per heavy atom. The Morgan fingerprint density at radius 3 is 2.10 bits per heavy atom. The number of rotatable bonds is 8. The standard InChI is InChI=1S/C22H28N4O4S/c1-24(16-21(27)23-20-10-6-3-7-11-20)17-22(28)25-12-14-26(15-13-25)31(29,30)18-19-8-4-2-5-9-19/h2-11H,12-18H2,1H3,(H,23,27). The van der Waals surface area contributed by atoms with Crippen LogP contribution in [0.25, 0.3) is 0 Å². The SMILES string of the molecule is CN(CC(=O)Nc1ccccc1)CC(=O)N1CCN(S(=O)(=O)Cc2ccccc2)CC1. The van der Waals surface area contributed by atoms with Crippen LogP contribution in [0.15, 0.2) is 60.7 Å². The first kappa shape index (κ1) is 22.9. The molecule has 1 N–H and O–H groups in total. The van der Waals surface area contributed by atoms with Crippen molar-refractivity contribution in [2.75, 3.05) is 51.6 Å². The van der Waals surface area contributed by atoms with E-state index in [2.05, 4.69) is 5.32 Å². The van der Waals surface area contributed by atoms with Gasteiger partial charge in [-0.25, -0.2) is 8.42 Å². The van der Waals surface area contributed by atoms with E-state index in [4.69, 9.17) is 0 Å². The number of para-hydroxylation sites is 1. The number of hydrogen-bond donors (Lipinski definition) is 1. The van der Waals surface area contributed by atoms with Gasteiger partial charge in [0, 0.05) is 31.9 Å². The molecule has 0 saturated carbocycles. The number of benzene rings is 2. The molecule has 0 spiro atoms. The second-order valence-corrected chi connectivity index (χ2v) is 9.58. The maximum atomic E-state index is 12.7. The zero-order valence-electron chi connectivity index (χ0n) is 17.6. The molecule has 2 amide bonds. The van der Waals surface area contributed by atoms with E-state index in [0.717, 1.165) is 5.56 Å². The van der Waals surface area contributed by atoms with Crippen molar-refractivity contribution in [2.24, 2.45) is 0 Å². The molecule has 1 saturated heterocycles. The third kappa shape index (κ3) is 6.88. The zero-order valence-corrected chi connectivity index (χ0v) is 18.4. The van der Waals surface area contributed by atoms with Crippen LogP contribution in [0.4, 0.5) is 5.69 Å². The Labute approximate surface area is 183 Å². The van der Waals surface area contributed by atoms with E-state index >= 15 is 0 Å². The Balaban J connectivity index is 1.43. The van der Waals surface area contributed by atoms with E-state index in [-0.39, 0.29) is 43.7 Å². The summed E-state index contributed by atoms with van der Waals surface area (Å²) in [6.45, 7) is 1.43. The number of carbonyl (C=O) groups excluding carboxylic acids is 2. The van der Waals surface area contributed by atoms with Crippen molar-refractivity contribution >= 4 is 27.5 Å². The summed E-state index contributed by atoms with van der Waals surface area (Å²) < 4.78 is 26.7. The van der Waals surface area contributed by atoms with Crippen molar-refractivity contribution in [2.45, 2.75) is 5.75 Å². The number of nitrogens with zero attached hydrogens (tertiary/aromatic N) is 3. The molecule has 31 heavy (non-hydrogen) atoms. The minimum atomic E-state index is -3.42. The Kier molecular flexibility index (Phi) is 7.78. The van der Waals surface area contributed by atoms with E-state index in [1.165, 1.54) is 4.31 Å². The molecule has 0 radical (unpaired) electrons. The average Bonchev–Trinajstić information content (AvgIpc) is 2.74. The first-order valence-corrected chi connectivity index (χ1v) is 11.8. The molecule has 1 aliphatic rings. The summed E-state index contributed by atoms with van der Waals surface area (Å²) in [6.07, 6.45) is 0. The van der Waals surface area contributed by atoms with Crippen LogP contribution in [0.3, 0.4) is 0 Å². The van der Waals surface area contributed by atoms with Gasteiger partial charge in [-0.1, -0.05) is 48.5 Å². The molecule has 9 heteroatoms. The van der Waals surface area contributed by atoms with Gasteiger partial charge < -0.3 is 10.2 Å². The number of amides is 2. The van der Waals surface area contributed by atoms with E-state index < -0.39 is 10.0 Å². The summed E-state index contributed by atoms with van der Waals surface area (Å²) in [5.41, 5.74) is 1.46. The third-order valence-electron chi connectivity index (χ3n) is 5.05. The van der Waals surface area contributed by atoms with Gasteiger partial charge in [-0.2, -0.15) is 4.31 Å². The van der Waals surface area contributed by atoms with Crippen LogP contribution in [-0.2, 0) is 25.4 Å². The molecule has 8 nitrogen and oxygen atoms in total. The highest BCUT2D eigenvalue weighted by atomic mass is 32.2. The van der Waals surface area contributed by atoms with Crippen molar-refractivity contribution in [1.29, 1.82) is 0 Å². The lowest BCUT2D eigenvalue weighted by Gasteiger charge is -2.34. The summed E-state index contributed by atoms with van der Waals surface area (Å²) in [4.78, 5) is 28.0. The molecule has 0 aromatic heterocycles. The molecular weight excluding hydrogens is 416 g/mol. The second-order valence-electron chi connectivity index (χ2n) is 7.61. The molecule has 0 aliphatic carbocycles. The Bertz CT molecular complexity index is 975. The van der Waals surface area contributed by atoms with Gasteiger partial charge in [-0.05, 0) is 24.7 Å². The maximum Gasteiger partial charge on any atom is 0.238 e. The predicted octanol–water partition coefficient (Wildman–Crippen LogP) is 1.23. The highest BCUT2D eigenvalue weighted by molar-refractivity contribution is 7.88. The number of piperazine rings is 1. The predicted molar refractivity (Wildman–Crippen MR) is 120 cm³/mol. The third-order valence-corrected chi connectivity index (χ3v) is 6.90. The highest BCUT2D eigenvalue weighted by Gasteiger charge is 2.29. The van der Waals surface area contributed by atoms with Gasteiger partial charge in [-0.3, -0.25) is 14.5 Å². The van der Waals surface area contributed by atoms with Crippen LogP contribution in [0.5, 0.6) is 0 Å². The van der Waals surface area contributed by atoms with Gasteiger partial charge in [0.25, 0.3) is 0 Å². The van der Waals surface area contributed by atoms with Gasteiger partial charge in [0.05, 0.1) is 18.8 Å². The quantitative estimate of drug-likeness (QED) is 0.662. The normalized spacial score (nSPS) is 15.1. The fraction of sp³-hybridized carbons (Fsp3) is 0.364. The smallest absolute Gasteiger partial charge is 0.238 e. The van der Waals surface area contributed by atoms with E-state index in [1.54, 1.807) is 41.1 Å². The molecule has 166 valence electrons. The number of nitrogens with one attached hydrogen (secondary N) is 1. The molecule has 1 heterocycles. The molecule has 0 atom stereocenters. The number of carbonyl (C=O) groups is 2. The van der Waals surface area contributed by atoms with E-state index in [1.807, 2.05) is 36.4 Å². The largest absolute Gasteiger partial charge is 0.339 e. The Morgan fingerprint density at radius 2 is 1.48 bits per heavy atom. The first-order chi connectivity index (χ1) is 14.8. The molecule has 2 aromatic carbocycles. The Hall–Kier alpha value is -2.75. The van der Waals surface area contributed by atoms with E-state index in [0.29, 0.717) is 18.8 Å². The first-order valence-electron chi connectivity index (χ1n) is 10.2. The number of sulfonamides is 1. The van der Waals surface area contributed by atoms with Crippen molar-refractivity contribution in [3.8, 4) is 0 Å². The lowest BCUT2D eigenvalue weighted by molar-refractivity contribution is -0.133. The number of likely N-dealkylation sites (N-methyl/N-ethyl adjacent to an activating group) is 1. The summed E-state index contributed by atoms with van der Waals surface area (Å²) in [6, 6.07) is 18.2. The van der Waals surface area contributed by atoms with Crippen molar-refractivity contribution in [3.05, 3.63) is 66.2 Å². The van der Waals surface area contributed by atoms with Gasteiger partial charge >= 0.3 is 0 Å². The van der Waals surface area contributed by atoms with Crippen molar-refractivity contribution in [1.82, 2.24) is 14.1 Å². The summed E-state index contributed by atoms with van der Waals surface area (Å²) in [7, 11) is -1.71. The lowest BCUT2D eigenvalue weighted by atomic mass is 10.2. The lowest BCUT2D eigenvalue weighted by Crippen LogP contribution is -2.52. The molecule has 1 fully saturated rings. The number of hydrogen-bond acceptors (Lipinski definition) is 5. The van der Waals surface area contributed by atoms with Crippen LogP contribution >= 0.6 is 0 Å². The molecule has 0 unspecified atom stereocenters. The fourth-order valence-electron chi connectivity index (χ4n) is 3.45. The summed E-state index contributed by atoms with van der Waals surface area (Å²) in [5.74, 6) is -0.352. The van der Waals surface area contributed by atoms with Crippen LogP contribution in [0.2, 0.25) is 0 Å². The van der Waals surface area contributed by atoms with Gasteiger partial charge in [-0.15, -0.1) is 0 Å². The average molecular weight is 445 g/mol. The topological polar surface area (TPSA) is 90.0 Å². The fourth-order valence-corrected chi connectivity index (χ4v) is 4.96. The monoisotopic (exact) mass is 444 g/mol. The maximum absolute atomic E-state index is 12.7. The molecule has 0 bridgehead atoms. The van der Waals surface area contributed by atoms with Crippen LogP contribution < -0.4 is 5.32 Å². The summed E-state index contributed by atoms with van der Waals surface area (Å²) >= 11 is 0. The van der Waals surface area contributed by atoms with Crippen LogP contribution in [0.1, 0.15) is 5.56 Å². The molecule has 2 aromatic rings. The number of anilines is 1. The van der Waals surface area contributed by atoms with E-state index in [9.17, 15) is 18.0 Å². The van der Waals surface area contributed by atoms with Crippen molar-refractivity contribution in [3.63, 3.8) is 0 Å². The van der Waals surface area contributed by atoms with Crippen LogP contribution in [-0.4, -0.2) is 80.7 Å². The summed E-state index contributed by atoms with van der Waals surface area (Å²) in [5, 5.41) is 2.79. The molecule has 1 aliphatic heterocycles. The van der Waals surface area contributed by atoms with Crippen molar-refractivity contribution < 1.29 is 18.0 Å². The minimum Gasteiger partial charge on any atom is -0.339 e. The highest BCUT2D eigenvalue weighted by Crippen LogP contribution is 2.14.